The molecular weight excluding hydrogens is 467 g/mol. The molecule has 1 amide bonds. The Morgan fingerprint density at radius 2 is 1.80 bits per heavy atom. The minimum atomic E-state index is -0.267. The molecule has 0 aliphatic carbocycles. The summed E-state index contributed by atoms with van der Waals surface area (Å²) in [5.41, 5.74) is 4.98. The molecule has 1 aromatic heterocycles. The van der Waals surface area contributed by atoms with Gasteiger partial charge in [-0.3, -0.25) is 9.48 Å². The van der Waals surface area contributed by atoms with Crippen LogP contribution in [-0.2, 0) is 0 Å². The zero-order valence-electron chi connectivity index (χ0n) is 20.5. The van der Waals surface area contributed by atoms with E-state index in [1.165, 1.54) is 18.6 Å². The summed E-state index contributed by atoms with van der Waals surface area (Å²) < 4.78 is 21.6. The number of piperidine rings is 1. The van der Waals surface area contributed by atoms with Gasteiger partial charge in [-0.2, -0.15) is 10.5 Å². The first-order valence-corrected chi connectivity index (χ1v) is 12.5. The van der Waals surface area contributed by atoms with Gasteiger partial charge >= 0.3 is 5.91 Å². The van der Waals surface area contributed by atoms with Gasteiger partial charge in [-0.25, -0.2) is 8.98 Å². The van der Waals surface area contributed by atoms with E-state index in [4.69, 9.17) is 9.84 Å². The maximum atomic E-state index is 13.7. The van der Waals surface area contributed by atoms with Gasteiger partial charge in [0.25, 0.3) is 0 Å². The summed E-state index contributed by atoms with van der Waals surface area (Å²) in [6.45, 7) is 5.53. The minimum Gasteiger partial charge on any atom is -0.493 e. The number of ether oxygens (including phenoxy) is 1. The van der Waals surface area contributed by atoms with Crippen LogP contribution in [0.4, 0.5) is 4.39 Å². The maximum Gasteiger partial charge on any atom is 0.317 e. The SMILES string of the molecule is CC(C)n1nc(C(=O)N[N+]2(CCCOc3ccc(F)cc3)C3CCCC2CC3)c2ccccc21.Cl. The van der Waals surface area contributed by atoms with Crippen LogP contribution in [0, 0.1) is 5.82 Å². The number of fused-ring (bicyclic) bond motifs is 3. The van der Waals surface area contributed by atoms with Gasteiger partial charge in [0.2, 0.25) is 0 Å². The summed E-state index contributed by atoms with van der Waals surface area (Å²) in [7, 11) is 0. The second kappa shape index (κ2) is 10.5. The Morgan fingerprint density at radius 3 is 2.49 bits per heavy atom. The van der Waals surface area contributed by atoms with Crippen molar-refractivity contribution in [2.24, 2.45) is 0 Å². The lowest BCUT2D eigenvalue weighted by Crippen LogP contribution is -2.68. The maximum absolute atomic E-state index is 13.7. The van der Waals surface area contributed by atoms with Gasteiger partial charge in [-0.05, 0) is 50.6 Å². The summed E-state index contributed by atoms with van der Waals surface area (Å²) in [6, 6.07) is 15.2. The highest BCUT2D eigenvalue weighted by molar-refractivity contribution is 6.04. The molecule has 0 radical (unpaired) electrons. The molecule has 2 aromatic carbocycles. The standard InChI is InChI=1S/C27H33FN4O2.ClH/c1-19(2)31-25-10-4-3-9-24(25)26(29-31)27(33)30-32(21-7-5-8-22(32)14-13-21)17-6-18-34-23-15-11-20(28)12-16-23;/h3-4,9-12,15-16,19,21-22H,5-8,13-14,17-18H2,1-2H3;1H/p+1. The van der Waals surface area contributed by atoms with Crippen molar-refractivity contribution in [3.05, 3.63) is 60.0 Å². The van der Waals surface area contributed by atoms with E-state index in [0.29, 0.717) is 34.7 Å². The molecule has 2 fully saturated rings. The predicted molar refractivity (Wildman–Crippen MR) is 137 cm³/mol. The van der Waals surface area contributed by atoms with E-state index in [2.05, 4.69) is 19.3 Å². The number of benzene rings is 2. The monoisotopic (exact) mass is 501 g/mol. The molecule has 1 N–H and O–H groups in total. The van der Waals surface area contributed by atoms with Crippen molar-refractivity contribution in [3.63, 3.8) is 0 Å². The molecule has 3 heterocycles. The zero-order chi connectivity index (χ0) is 23.7. The quantitative estimate of drug-likeness (QED) is 0.312. The number of amides is 1. The molecular formula is C27H35ClFN4O2+. The first-order valence-electron chi connectivity index (χ1n) is 12.5. The van der Waals surface area contributed by atoms with Crippen molar-refractivity contribution in [1.82, 2.24) is 15.2 Å². The van der Waals surface area contributed by atoms with E-state index < -0.39 is 0 Å². The summed E-state index contributed by atoms with van der Waals surface area (Å²) in [4.78, 5) is 13.7. The Morgan fingerprint density at radius 1 is 1.11 bits per heavy atom. The normalized spacial score (nSPS) is 23.3. The highest BCUT2D eigenvalue weighted by Gasteiger charge is 2.53. The van der Waals surface area contributed by atoms with Crippen molar-refractivity contribution in [2.45, 2.75) is 70.5 Å². The number of rotatable bonds is 8. The molecule has 2 unspecified atom stereocenters. The summed E-state index contributed by atoms with van der Waals surface area (Å²) in [5, 5.41) is 5.64. The van der Waals surface area contributed by atoms with Crippen molar-refractivity contribution >= 4 is 29.2 Å². The molecule has 2 bridgehead atoms. The van der Waals surface area contributed by atoms with Crippen LogP contribution >= 0.6 is 12.4 Å². The van der Waals surface area contributed by atoms with Gasteiger partial charge in [-0.1, -0.05) is 18.2 Å². The highest BCUT2D eigenvalue weighted by atomic mass is 35.5. The third-order valence-corrected chi connectivity index (χ3v) is 7.59. The van der Waals surface area contributed by atoms with E-state index in [1.807, 2.05) is 28.9 Å². The minimum absolute atomic E-state index is 0. The van der Waals surface area contributed by atoms with E-state index >= 15 is 0 Å². The molecule has 3 aromatic rings. The Kier molecular flexibility index (Phi) is 7.67. The fraction of sp³-hybridized carbons (Fsp3) is 0.481. The molecule has 5 rings (SSSR count). The Hall–Kier alpha value is -2.64. The van der Waals surface area contributed by atoms with Crippen molar-refractivity contribution < 1.29 is 18.5 Å². The van der Waals surface area contributed by atoms with Crippen LogP contribution in [0.2, 0.25) is 0 Å². The van der Waals surface area contributed by atoms with Gasteiger partial charge in [0.05, 0.1) is 12.1 Å². The molecule has 8 heteroatoms. The zero-order valence-corrected chi connectivity index (χ0v) is 21.3. The van der Waals surface area contributed by atoms with Gasteiger partial charge in [0.1, 0.15) is 30.2 Å². The lowest BCUT2D eigenvalue weighted by molar-refractivity contribution is -0.997. The second-order valence-corrected chi connectivity index (χ2v) is 9.97. The first kappa shape index (κ1) is 25.5. The van der Waals surface area contributed by atoms with Gasteiger partial charge < -0.3 is 4.74 Å². The molecule has 188 valence electrons. The third kappa shape index (κ3) is 4.89. The summed E-state index contributed by atoms with van der Waals surface area (Å²) >= 11 is 0. The highest BCUT2D eigenvalue weighted by Crippen LogP contribution is 2.41. The first-order chi connectivity index (χ1) is 16.5. The molecule has 0 spiro atoms. The van der Waals surface area contributed by atoms with Crippen LogP contribution in [-0.4, -0.2) is 45.5 Å². The van der Waals surface area contributed by atoms with Crippen LogP contribution < -0.4 is 10.2 Å². The molecule has 2 saturated heterocycles. The molecule has 2 aliphatic rings. The van der Waals surface area contributed by atoms with Gasteiger partial charge in [0, 0.05) is 43.5 Å². The topological polar surface area (TPSA) is 56.2 Å². The smallest absolute Gasteiger partial charge is 0.317 e. The summed E-state index contributed by atoms with van der Waals surface area (Å²) in [6.07, 6.45) is 6.59. The van der Waals surface area contributed by atoms with Gasteiger partial charge in [0.15, 0.2) is 5.69 Å². The molecule has 2 atom stereocenters. The number of hydrogen-bond acceptors (Lipinski definition) is 3. The second-order valence-electron chi connectivity index (χ2n) is 9.97. The number of carbonyl (C=O) groups excluding carboxylic acids is 1. The predicted octanol–water partition coefficient (Wildman–Crippen LogP) is 5.82. The van der Waals surface area contributed by atoms with Crippen LogP contribution in [0.15, 0.2) is 48.5 Å². The van der Waals surface area contributed by atoms with Crippen molar-refractivity contribution in [2.75, 3.05) is 13.2 Å². The van der Waals surface area contributed by atoms with Crippen molar-refractivity contribution in [3.8, 4) is 5.75 Å². The van der Waals surface area contributed by atoms with E-state index in [-0.39, 0.29) is 30.2 Å². The number of para-hydroxylation sites is 1. The van der Waals surface area contributed by atoms with E-state index in [1.54, 1.807) is 12.1 Å². The average molecular weight is 502 g/mol. The Labute approximate surface area is 212 Å². The Bertz CT molecular complexity index is 1150. The molecule has 0 saturated carbocycles. The van der Waals surface area contributed by atoms with Crippen LogP contribution in [0.25, 0.3) is 10.9 Å². The van der Waals surface area contributed by atoms with Crippen LogP contribution in [0.1, 0.15) is 68.9 Å². The molecule has 35 heavy (non-hydrogen) atoms. The number of quaternary nitrogens is 1. The third-order valence-electron chi connectivity index (χ3n) is 7.59. The fourth-order valence-corrected chi connectivity index (χ4v) is 6.03. The lowest BCUT2D eigenvalue weighted by Gasteiger charge is -2.46. The van der Waals surface area contributed by atoms with Gasteiger partial charge in [-0.15, -0.1) is 12.4 Å². The molecule has 6 nitrogen and oxygen atoms in total. The number of nitrogens with zero attached hydrogens (tertiary/aromatic N) is 3. The lowest BCUT2D eigenvalue weighted by atomic mass is 10.0. The Balaban J connectivity index is 0.00000289. The summed E-state index contributed by atoms with van der Waals surface area (Å²) in [5.74, 6) is 0.315. The number of nitrogens with one attached hydrogen (secondary N) is 1. The van der Waals surface area contributed by atoms with E-state index in [9.17, 15) is 9.18 Å². The fourth-order valence-electron chi connectivity index (χ4n) is 6.03. The largest absolute Gasteiger partial charge is 0.493 e. The number of halogens is 2. The number of aromatic nitrogens is 2. The van der Waals surface area contributed by atoms with E-state index in [0.717, 1.165) is 49.6 Å². The number of hydrogen-bond donors (Lipinski definition) is 1. The van der Waals surface area contributed by atoms with Crippen molar-refractivity contribution in [1.29, 1.82) is 0 Å². The number of carbonyl (C=O) groups is 1. The average Bonchev–Trinajstić information content (AvgIpc) is 3.26. The molecule has 2 aliphatic heterocycles. The van der Waals surface area contributed by atoms with Crippen LogP contribution in [0.5, 0.6) is 5.75 Å². The van der Waals surface area contributed by atoms with Crippen LogP contribution in [0.3, 0.4) is 0 Å².